The Morgan fingerprint density at radius 3 is 2.67 bits per heavy atom. The van der Waals surface area contributed by atoms with Crippen molar-refractivity contribution in [3.05, 3.63) is 55.3 Å². The van der Waals surface area contributed by atoms with Crippen LogP contribution >= 0.6 is 33.9 Å². The minimum atomic E-state index is -0.482. The minimum Gasteiger partial charge on any atom is -0.384 e. The summed E-state index contributed by atoms with van der Waals surface area (Å²) in [5, 5.41) is 12.4. The molecule has 1 aromatic carbocycles. The van der Waals surface area contributed by atoms with Gasteiger partial charge in [-0.15, -0.1) is 11.3 Å². The Morgan fingerprint density at radius 2 is 2.06 bits per heavy atom. The van der Waals surface area contributed by atoms with Gasteiger partial charge in [0.2, 0.25) is 0 Å². The average Bonchev–Trinajstić information content (AvgIpc) is 2.73. The summed E-state index contributed by atoms with van der Waals surface area (Å²) < 4.78 is 1.22. The van der Waals surface area contributed by atoms with Crippen LogP contribution in [0.25, 0.3) is 0 Å². The third kappa shape index (κ3) is 2.49. The predicted molar refractivity (Wildman–Crippen MR) is 84.1 cm³/mol. The van der Waals surface area contributed by atoms with Crippen LogP contribution in [-0.2, 0) is 0 Å². The molecule has 94 valence electrons. The first-order chi connectivity index (χ1) is 8.74. The molecule has 1 saturated carbocycles. The summed E-state index contributed by atoms with van der Waals surface area (Å²) in [6, 6.07) is 10.5. The zero-order valence-electron chi connectivity index (χ0n) is 9.97. The van der Waals surface area contributed by atoms with Crippen molar-refractivity contribution in [2.75, 3.05) is 0 Å². The molecule has 1 nitrogen and oxygen atoms in total. The summed E-state index contributed by atoms with van der Waals surface area (Å²) in [4.78, 5) is 0. The van der Waals surface area contributed by atoms with E-state index in [-0.39, 0.29) is 0 Å². The van der Waals surface area contributed by atoms with Crippen LogP contribution in [0.5, 0.6) is 0 Å². The second kappa shape index (κ2) is 5.31. The van der Waals surface area contributed by atoms with Crippen molar-refractivity contribution >= 4 is 33.9 Å². The van der Waals surface area contributed by atoms with Crippen LogP contribution in [0.4, 0.5) is 0 Å². The molecule has 0 bridgehead atoms. The van der Waals surface area contributed by atoms with Crippen molar-refractivity contribution < 1.29 is 5.11 Å². The molecular formula is C15H15IOS. The summed E-state index contributed by atoms with van der Waals surface area (Å²) in [6.07, 6.45) is 3.47. The number of aliphatic hydroxyl groups excluding tert-OH is 1. The molecule has 0 amide bonds. The van der Waals surface area contributed by atoms with E-state index in [4.69, 9.17) is 0 Å². The minimum absolute atomic E-state index is 0.482. The molecule has 1 fully saturated rings. The molecule has 1 aliphatic carbocycles. The van der Waals surface area contributed by atoms with Gasteiger partial charge in [0.1, 0.15) is 6.10 Å². The lowest BCUT2D eigenvalue weighted by Crippen LogP contribution is -2.09. The Labute approximate surface area is 125 Å². The summed E-state index contributed by atoms with van der Waals surface area (Å²) in [7, 11) is 0. The van der Waals surface area contributed by atoms with Gasteiger partial charge in [-0.05, 0) is 69.5 Å². The highest BCUT2D eigenvalue weighted by Gasteiger charge is 2.20. The van der Waals surface area contributed by atoms with Gasteiger partial charge >= 0.3 is 0 Å². The van der Waals surface area contributed by atoms with Crippen molar-refractivity contribution in [2.24, 2.45) is 0 Å². The molecule has 0 saturated heterocycles. The van der Waals surface area contributed by atoms with E-state index in [0.29, 0.717) is 0 Å². The number of halogens is 1. The van der Waals surface area contributed by atoms with E-state index in [2.05, 4.69) is 46.9 Å². The molecule has 18 heavy (non-hydrogen) atoms. The Hall–Kier alpha value is -0.390. The molecule has 1 heterocycles. The van der Waals surface area contributed by atoms with Gasteiger partial charge < -0.3 is 5.11 Å². The zero-order chi connectivity index (χ0) is 12.5. The lowest BCUT2D eigenvalue weighted by Gasteiger charge is -2.26. The molecule has 1 atom stereocenters. The second-order valence-corrected chi connectivity index (χ2v) is 7.69. The SMILES string of the molecule is OC(c1cccc(C2CCC2)c1)c1csc(I)c1. The van der Waals surface area contributed by atoms with Gasteiger partial charge in [-0.2, -0.15) is 0 Å². The maximum atomic E-state index is 10.4. The normalized spacial score (nSPS) is 17.4. The maximum Gasteiger partial charge on any atom is 0.105 e. The Bertz CT molecular complexity index is 545. The van der Waals surface area contributed by atoms with Crippen molar-refractivity contribution in [3.63, 3.8) is 0 Å². The van der Waals surface area contributed by atoms with Gasteiger partial charge in [0.25, 0.3) is 0 Å². The van der Waals surface area contributed by atoms with Crippen LogP contribution in [0, 0.1) is 2.88 Å². The monoisotopic (exact) mass is 370 g/mol. The molecule has 2 aromatic rings. The largest absolute Gasteiger partial charge is 0.384 e. The first kappa shape index (κ1) is 12.6. The molecule has 1 aromatic heterocycles. The molecule has 0 spiro atoms. The quantitative estimate of drug-likeness (QED) is 0.777. The van der Waals surface area contributed by atoms with E-state index in [1.807, 2.05) is 11.4 Å². The third-order valence-corrected chi connectivity index (χ3v) is 5.51. The van der Waals surface area contributed by atoms with Crippen LogP contribution in [0.2, 0.25) is 0 Å². The van der Waals surface area contributed by atoms with E-state index in [0.717, 1.165) is 17.0 Å². The van der Waals surface area contributed by atoms with Crippen molar-refractivity contribution in [2.45, 2.75) is 31.3 Å². The summed E-state index contributed by atoms with van der Waals surface area (Å²) >= 11 is 3.97. The summed E-state index contributed by atoms with van der Waals surface area (Å²) in [6.45, 7) is 0. The summed E-state index contributed by atoms with van der Waals surface area (Å²) in [5.41, 5.74) is 3.42. The van der Waals surface area contributed by atoms with Crippen LogP contribution in [0.1, 0.15) is 48.0 Å². The van der Waals surface area contributed by atoms with Crippen molar-refractivity contribution in [3.8, 4) is 0 Å². The number of rotatable bonds is 3. The van der Waals surface area contributed by atoms with Gasteiger partial charge in [-0.25, -0.2) is 0 Å². The van der Waals surface area contributed by atoms with Crippen molar-refractivity contribution in [1.82, 2.24) is 0 Å². The highest BCUT2D eigenvalue weighted by molar-refractivity contribution is 14.1. The Balaban J connectivity index is 1.86. The molecule has 1 N–H and O–H groups in total. The first-order valence-corrected chi connectivity index (χ1v) is 8.22. The smallest absolute Gasteiger partial charge is 0.105 e. The summed E-state index contributed by atoms with van der Waals surface area (Å²) in [5.74, 6) is 0.722. The van der Waals surface area contributed by atoms with Gasteiger partial charge in [-0.3, -0.25) is 0 Å². The number of hydrogen-bond acceptors (Lipinski definition) is 2. The zero-order valence-corrected chi connectivity index (χ0v) is 12.9. The van der Waals surface area contributed by atoms with E-state index >= 15 is 0 Å². The fraction of sp³-hybridized carbons (Fsp3) is 0.333. The molecule has 0 aliphatic heterocycles. The van der Waals surface area contributed by atoms with Gasteiger partial charge in [0.15, 0.2) is 0 Å². The number of hydrogen-bond donors (Lipinski definition) is 1. The molecule has 3 heteroatoms. The molecule has 0 radical (unpaired) electrons. The van der Waals surface area contributed by atoms with E-state index in [1.54, 1.807) is 11.3 Å². The lowest BCUT2D eigenvalue weighted by atomic mass is 9.79. The van der Waals surface area contributed by atoms with Crippen LogP contribution < -0.4 is 0 Å². The average molecular weight is 370 g/mol. The highest BCUT2D eigenvalue weighted by Crippen LogP contribution is 2.37. The van der Waals surface area contributed by atoms with Crippen LogP contribution in [0.3, 0.4) is 0 Å². The van der Waals surface area contributed by atoms with Crippen molar-refractivity contribution in [1.29, 1.82) is 0 Å². The topological polar surface area (TPSA) is 20.2 Å². The van der Waals surface area contributed by atoms with Gasteiger partial charge in [0, 0.05) is 0 Å². The Kier molecular flexibility index (Phi) is 3.73. The second-order valence-electron chi connectivity index (χ2n) is 4.88. The number of aliphatic hydroxyl groups is 1. The highest BCUT2D eigenvalue weighted by atomic mass is 127. The van der Waals surface area contributed by atoms with Crippen LogP contribution in [0.15, 0.2) is 35.7 Å². The fourth-order valence-electron chi connectivity index (χ4n) is 2.38. The van der Waals surface area contributed by atoms with E-state index < -0.39 is 6.10 Å². The first-order valence-electron chi connectivity index (χ1n) is 6.26. The standard InChI is InChI=1S/C15H15IOS/c16-14-8-13(9-18-14)15(17)12-6-2-5-11(7-12)10-3-1-4-10/h2,5-10,15,17H,1,3-4H2. The van der Waals surface area contributed by atoms with Gasteiger partial charge in [0.05, 0.1) is 2.88 Å². The predicted octanol–water partition coefficient (Wildman–Crippen LogP) is 4.70. The number of thiophene rings is 1. The number of benzene rings is 1. The molecular weight excluding hydrogens is 355 g/mol. The molecule has 3 rings (SSSR count). The Morgan fingerprint density at radius 1 is 1.22 bits per heavy atom. The molecule has 1 unspecified atom stereocenters. The third-order valence-electron chi connectivity index (χ3n) is 3.71. The van der Waals surface area contributed by atoms with E-state index in [9.17, 15) is 5.11 Å². The lowest BCUT2D eigenvalue weighted by molar-refractivity contribution is 0.220. The fourth-order valence-corrected chi connectivity index (χ4v) is 3.77. The maximum absolute atomic E-state index is 10.4. The molecule has 1 aliphatic rings. The van der Waals surface area contributed by atoms with E-state index in [1.165, 1.54) is 27.7 Å². The van der Waals surface area contributed by atoms with Gasteiger partial charge in [-0.1, -0.05) is 30.7 Å². The van der Waals surface area contributed by atoms with Crippen LogP contribution in [-0.4, -0.2) is 5.11 Å².